The molecule has 1 aromatic heterocycles. The summed E-state index contributed by atoms with van der Waals surface area (Å²) in [6, 6.07) is 3.91. The van der Waals surface area contributed by atoms with E-state index >= 15 is 0 Å². The second kappa shape index (κ2) is 4.82. The molecule has 0 aliphatic rings. The predicted molar refractivity (Wildman–Crippen MR) is 53.8 cm³/mol. The number of aliphatic hydroxyl groups is 1. The van der Waals surface area contributed by atoms with E-state index < -0.39 is 0 Å². The molecule has 0 spiro atoms. The molecule has 72 valence electrons. The maximum atomic E-state index is 9.28. The van der Waals surface area contributed by atoms with Crippen LogP contribution >= 0.6 is 0 Å². The Labute approximate surface area is 78.8 Å². The number of aromatic nitrogens is 1. The van der Waals surface area contributed by atoms with Gasteiger partial charge in [-0.05, 0) is 25.0 Å². The van der Waals surface area contributed by atoms with Crippen LogP contribution in [0.3, 0.4) is 0 Å². The SMILES string of the molecule is CC[C@H](O)CNc1ccc(C)cn1. The molecular weight excluding hydrogens is 164 g/mol. The van der Waals surface area contributed by atoms with Crippen molar-refractivity contribution in [2.45, 2.75) is 26.4 Å². The number of anilines is 1. The highest BCUT2D eigenvalue weighted by Crippen LogP contribution is 2.03. The number of hydrogen-bond donors (Lipinski definition) is 2. The van der Waals surface area contributed by atoms with Crippen molar-refractivity contribution in [3.05, 3.63) is 23.9 Å². The number of rotatable bonds is 4. The van der Waals surface area contributed by atoms with Gasteiger partial charge in [0.2, 0.25) is 0 Å². The van der Waals surface area contributed by atoms with Crippen molar-refractivity contribution in [1.29, 1.82) is 0 Å². The molecule has 1 atom stereocenters. The average molecular weight is 180 g/mol. The van der Waals surface area contributed by atoms with E-state index in [1.54, 1.807) is 6.20 Å². The molecule has 0 amide bonds. The van der Waals surface area contributed by atoms with Gasteiger partial charge in [0.15, 0.2) is 0 Å². The van der Waals surface area contributed by atoms with E-state index in [1.807, 2.05) is 26.0 Å². The number of aryl methyl sites for hydroxylation is 1. The highest BCUT2D eigenvalue weighted by Gasteiger charge is 1.99. The molecule has 0 aliphatic heterocycles. The quantitative estimate of drug-likeness (QED) is 0.739. The predicted octanol–water partition coefficient (Wildman–Crippen LogP) is 1.57. The largest absolute Gasteiger partial charge is 0.391 e. The minimum atomic E-state index is -0.289. The van der Waals surface area contributed by atoms with Crippen LogP contribution in [-0.4, -0.2) is 22.7 Å². The number of nitrogens with one attached hydrogen (secondary N) is 1. The molecule has 0 bridgehead atoms. The first-order valence-electron chi connectivity index (χ1n) is 4.57. The van der Waals surface area contributed by atoms with Gasteiger partial charge in [-0.2, -0.15) is 0 Å². The van der Waals surface area contributed by atoms with Crippen molar-refractivity contribution in [3.63, 3.8) is 0 Å². The van der Waals surface area contributed by atoms with Crippen LogP contribution in [0.2, 0.25) is 0 Å². The third kappa shape index (κ3) is 3.42. The fraction of sp³-hybridized carbons (Fsp3) is 0.500. The van der Waals surface area contributed by atoms with Gasteiger partial charge in [0.25, 0.3) is 0 Å². The molecule has 0 aliphatic carbocycles. The zero-order valence-corrected chi connectivity index (χ0v) is 8.12. The van der Waals surface area contributed by atoms with E-state index in [9.17, 15) is 5.11 Å². The van der Waals surface area contributed by atoms with Crippen LogP contribution in [0.4, 0.5) is 5.82 Å². The summed E-state index contributed by atoms with van der Waals surface area (Å²) in [5.41, 5.74) is 1.14. The molecule has 0 saturated carbocycles. The molecule has 0 fully saturated rings. The maximum absolute atomic E-state index is 9.28. The first-order valence-corrected chi connectivity index (χ1v) is 4.57. The van der Waals surface area contributed by atoms with Crippen molar-refractivity contribution < 1.29 is 5.11 Å². The lowest BCUT2D eigenvalue weighted by atomic mass is 10.3. The zero-order valence-electron chi connectivity index (χ0n) is 8.12. The Kier molecular flexibility index (Phi) is 3.71. The lowest BCUT2D eigenvalue weighted by Gasteiger charge is -2.09. The highest BCUT2D eigenvalue weighted by atomic mass is 16.3. The van der Waals surface area contributed by atoms with Crippen LogP contribution in [0.25, 0.3) is 0 Å². The summed E-state index contributed by atoms with van der Waals surface area (Å²) in [6.07, 6.45) is 2.28. The molecule has 0 unspecified atom stereocenters. The standard InChI is InChI=1S/C10H16N2O/c1-3-9(13)7-12-10-5-4-8(2)6-11-10/h4-6,9,13H,3,7H2,1-2H3,(H,11,12)/t9-/m0/s1. The third-order valence-corrected chi connectivity index (χ3v) is 1.90. The smallest absolute Gasteiger partial charge is 0.125 e. The molecule has 1 aromatic rings. The monoisotopic (exact) mass is 180 g/mol. The Morgan fingerprint density at radius 2 is 2.31 bits per heavy atom. The van der Waals surface area contributed by atoms with Gasteiger partial charge in [0, 0.05) is 12.7 Å². The minimum absolute atomic E-state index is 0.289. The van der Waals surface area contributed by atoms with E-state index in [1.165, 1.54) is 0 Å². The van der Waals surface area contributed by atoms with E-state index in [4.69, 9.17) is 0 Å². The molecular formula is C10H16N2O. The number of aliphatic hydroxyl groups excluding tert-OH is 1. The molecule has 0 saturated heterocycles. The van der Waals surface area contributed by atoms with Gasteiger partial charge < -0.3 is 10.4 Å². The summed E-state index contributed by atoms with van der Waals surface area (Å²) >= 11 is 0. The maximum Gasteiger partial charge on any atom is 0.125 e. The normalized spacial score (nSPS) is 12.5. The van der Waals surface area contributed by atoms with Gasteiger partial charge in [-0.15, -0.1) is 0 Å². The molecule has 1 heterocycles. The number of hydrogen-bond acceptors (Lipinski definition) is 3. The number of pyridine rings is 1. The Morgan fingerprint density at radius 3 is 2.85 bits per heavy atom. The van der Waals surface area contributed by atoms with Gasteiger partial charge in [-0.3, -0.25) is 0 Å². The van der Waals surface area contributed by atoms with Gasteiger partial charge >= 0.3 is 0 Å². The summed E-state index contributed by atoms with van der Waals surface area (Å²) in [4.78, 5) is 4.16. The van der Waals surface area contributed by atoms with E-state index in [-0.39, 0.29) is 6.10 Å². The van der Waals surface area contributed by atoms with Crippen LogP contribution < -0.4 is 5.32 Å². The molecule has 1 rings (SSSR count). The Bertz CT molecular complexity index is 246. The number of nitrogens with zero attached hydrogens (tertiary/aromatic N) is 1. The van der Waals surface area contributed by atoms with Gasteiger partial charge in [-0.1, -0.05) is 13.0 Å². The third-order valence-electron chi connectivity index (χ3n) is 1.90. The van der Waals surface area contributed by atoms with E-state index in [2.05, 4.69) is 10.3 Å². The lowest BCUT2D eigenvalue weighted by Crippen LogP contribution is -2.18. The zero-order chi connectivity index (χ0) is 9.68. The van der Waals surface area contributed by atoms with Crippen LogP contribution in [0.5, 0.6) is 0 Å². The van der Waals surface area contributed by atoms with Gasteiger partial charge in [0.05, 0.1) is 6.10 Å². The second-order valence-corrected chi connectivity index (χ2v) is 3.16. The Balaban J connectivity index is 2.41. The van der Waals surface area contributed by atoms with E-state index in [0.29, 0.717) is 6.54 Å². The topological polar surface area (TPSA) is 45.1 Å². The fourth-order valence-corrected chi connectivity index (χ4v) is 0.939. The summed E-state index contributed by atoms with van der Waals surface area (Å²) in [6.45, 7) is 4.51. The summed E-state index contributed by atoms with van der Waals surface area (Å²) in [7, 11) is 0. The molecule has 3 heteroatoms. The lowest BCUT2D eigenvalue weighted by molar-refractivity contribution is 0.183. The highest BCUT2D eigenvalue weighted by molar-refractivity contribution is 5.35. The fourth-order valence-electron chi connectivity index (χ4n) is 0.939. The van der Waals surface area contributed by atoms with Gasteiger partial charge in [-0.25, -0.2) is 4.98 Å². The first-order chi connectivity index (χ1) is 6.22. The molecule has 3 nitrogen and oxygen atoms in total. The van der Waals surface area contributed by atoms with Crippen LogP contribution in [0.1, 0.15) is 18.9 Å². The Hall–Kier alpha value is -1.09. The summed E-state index contributed by atoms with van der Waals surface area (Å²) in [5, 5.41) is 12.3. The minimum Gasteiger partial charge on any atom is -0.391 e. The Morgan fingerprint density at radius 1 is 1.54 bits per heavy atom. The van der Waals surface area contributed by atoms with Crippen molar-refractivity contribution in [2.75, 3.05) is 11.9 Å². The van der Waals surface area contributed by atoms with E-state index in [0.717, 1.165) is 17.8 Å². The molecule has 0 radical (unpaired) electrons. The van der Waals surface area contributed by atoms with Crippen molar-refractivity contribution in [2.24, 2.45) is 0 Å². The summed E-state index contributed by atoms with van der Waals surface area (Å²) in [5.74, 6) is 0.818. The second-order valence-electron chi connectivity index (χ2n) is 3.16. The van der Waals surface area contributed by atoms with Crippen molar-refractivity contribution >= 4 is 5.82 Å². The molecule has 0 aromatic carbocycles. The van der Waals surface area contributed by atoms with Crippen molar-refractivity contribution in [1.82, 2.24) is 4.98 Å². The molecule has 2 N–H and O–H groups in total. The van der Waals surface area contributed by atoms with Crippen LogP contribution in [-0.2, 0) is 0 Å². The van der Waals surface area contributed by atoms with Crippen LogP contribution in [0, 0.1) is 6.92 Å². The van der Waals surface area contributed by atoms with Crippen molar-refractivity contribution in [3.8, 4) is 0 Å². The molecule has 13 heavy (non-hydrogen) atoms. The average Bonchev–Trinajstić information content (AvgIpc) is 2.16. The summed E-state index contributed by atoms with van der Waals surface area (Å²) < 4.78 is 0. The van der Waals surface area contributed by atoms with Gasteiger partial charge in [0.1, 0.15) is 5.82 Å². The van der Waals surface area contributed by atoms with Crippen LogP contribution in [0.15, 0.2) is 18.3 Å². The first kappa shape index (κ1) is 9.99.